The molecule has 1 aromatic rings. The molecule has 114 valence electrons. The molecule has 1 unspecified atom stereocenters. The van der Waals surface area contributed by atoms with E-state index in [9.17, 15) is 9.90 Å². The molecule has 1 aromatic heterocycles. The first-order valence-electron chi connectivity index (χ1n) is 7.25. The molecule has 2 amide bonds. The molecule has 3 N–H and O–H groups in total. The highest BCUT2D eigenvalue weighted by Gasteiger charge is 2.27. The molecule has 0 bridgehead atoms. The normalized spacial score (nSPS) is 13.1. The van der Waals surface area contributed by atoms with E-state index >= 15 is 0 Å². The Morgan fingerprint density at radius 1 is 1.45 bits per heavy atom. The third-order valence-electron chi connectivity index (χ3n) is 3.96. The molecule has 0 radical (unpaired) electrons. The number of carbonyl (C=O) groups is 1. The van der Waals surface area contributed by atoms with E-state index in [-0.39, 0.29) is 18.7 Å². The van der Waals surface area contributed by atoms with E-state index in [0.29, 0.717) is 18.7 Å². The molecule has 0 fully saturated rings. The van der Waals surface area contributed by atoms with Gasteiger partial charge in [0.15, 0.2) is 0 Å². The quantitative estimate of drug-likeness (QED) is 0.719. The standard InChI is InChI=1S/C14H26N4O2/c1-5-11(4)18-12(8-9-15-18)16-13(20)17-14(6-2,7-3)10-19/h8-9,11,19H,5-7,10H2,1-4H3,(H2,16,17,20). The van der Waals surface area contributed by atoms with E-state index < -0.39 is 5.54 Å². The van der Waals surface area contributed by atoms with Gasteiger partial charge in [0.05, 0.1) is 24.4 Å². The van der Waals surface area contributed by atoms with Crippen LogP contribution in [0.2, 0.25) is 0 Å². The molecule has 1 atom stereocenters. The van der Waals surface area contributed by atoms with Crippen molar-refractivity contribution in [1.82, 2.24) is 15.1 Å². The highest BCUT2D eigenvalue weighted by atomic mass is 16.3. The molecule has 0 aliphatic heterocycles. The van der Waals surface area contributed by atoms with Crippen LogP contribution in [-0.4, -0.2) is 33.1 Å². The first kappa shape index (κ1) is 16.5. The van der Waals surface area contributed by atoms with Crippen molar-refractivity contribution in [3.63, 3.8) is 0 Å². The molecule has 6 heteroatoms. The molecule has 0 aliphatic rings. The van der Waals surface area contributed by atoms with Crippen LogP contribution in [0.4, 0.5) is 10.6 Å². The molecule has 0 saturated carbocycles. The molecule has 0 spiro atoms. The number of urea groups is 1. The Morgan fingerprint density at radius 3 is 2.60 bits per heavy atom. The number of nitrogens with one attached hydrogen (secondary N) is 2. The fourth-order valence-corrected chi connectivity index (χ4v) is 2.02. The number of aromatic nitrogens is 2. The van der Waals surface area contributed by atoms with E-state index in [4.69, 9.17) is 0 Å². The fraction of sp³-hybridized carbons (Fsp3) is 0.714. The van der Waals surface area contributed by atoms with E-state index in [2.05, 4.69) is 22.7 Å². The number of nitrogens with zero attached hydrogens (tertiary/aromatic N) is 2. The summed E-state index contributed by atoms with van der Waals surface area (Å²) in [5.74, 6) is 0.663. The van der Waals surface area contributed by atoms with Crippen LogP contribution in [0.15, 0.2) is 12.3 Å². The zero-order chi connectivity index (χ0) is 15.2. The zero-order valence-electron chi connectivity index (χ0n) is 12.8. The summed E-state index contributed by atoms with van der Waals surface area (Å²) in [6, 6.07) is 1.68. The van der Waals surface area contributed by atoms with Crippen molar-refractivity contribution in [2.45, 2.75) is 58.5 Å². The van der Waals surface area contributed by atoms with Gasteiger partial charge in [-0.05, 0) is 26.2 Å². The second-order valence-electron chi connectivity index (χ2n) is 5.14. The van der Waals surface area contributed by atoms with Gasteiger partial charge in [-0.2, -0.15) is 5.10 Å². The third kappa shape index (κ3) is 3.72. The van der Waals surface area contributed by atoms with Crippen LogP contribution < -0.4 is 10.6 Å². The lowest BCUT2D eigenvalue weighted by atomic mass is 9.94. The van der Waals surface area contributed by atoms with Gasteiger partial charge in [-0.3, -0.25) is 5.32 Å². The second-order valence-corrected chi connectivity index (χ2v) is 5.14. The predicted octanol–water partition coefficient (Wildman–Crippen LogP) is 2.53. The number of aliphatic hydroxyl groups is 1. The largest absolute Gasteiger partial charge is 0.394 e. The molecule has 1 rings (SSSR count). The van der Waals surface area contributed by atoms with Gasteiger partial charge >= 0.3 is 6.03 Å². The van der Waals surface area contributed by atoms with Crippen molar-refractivity contribution < 1.29 is 9.90 Å². The number of rotatable bonds is 7. The van der Waals surface area contributed by atoms with Crippen molar-refractivity contribution in [2.24, 2.45) is 0 Å². The number of aliphatic hydroxyl groups excluding tert-OH is 1. The van der Waals surface area contributed by atoms with Crippen LogP contribution in [0.1, 0.15) is 53.0 Å². The van der Waals surface area contributed by atoms with Gasteiger partial charge in [0.25, 0.3) is 0 Å². The highest BCUT2D eigenvalue weighted by molar-refractivity contribution is 5.88. The van der Waals surface area contributed by atoms with Gasteiger partial charge in [0, 0.05) is 6.07 Å². The maximum Gasteiger partial charge on any atom is 0.320 e. The first-order valence-corrected chi connectivity index (χ1v) is 7.25. The number of carbonyl (C=O) groups excluding carboxylic acids is 1. The van der Waals surface area contributed by atoms with Gasteiger partial charge < -0.3 is 10.4 Å². The van der Waals surface area contributed by atoms with E-state index in [1.54, 1.807) is 16.9 Å². The average molecular weight is 282 g/mol. The Hall–Kier alpha value is -1.56. The van der Waals surface area contributed by atoms with E-state index in [0.717, 1.165) is 6.42 Å². The summed E-state index contributed by atoms with van der Waals surface area (Å²) in [5, 5.41) is 19.4. The Morgan fingerprint density at radius 2 is 2.10 bits per heavy atom. The summed E-state index contributed by atoms with van der Waals surface area (Å²) < 4.78 is 1.79. The molecule has 20 heavy (non-hydrogen) atoms. The number of hydrogen-bond acceptors (Lipinski definition) is 3. The van der Waals surface area contributed by atoms with Gasteiger partial charge in [-0.25, -0.2) is 9.48 Å². The minimum absolute atomic E-state index is 0.0714. The van der Waals surface area contributed by atoms with Crippen LogP contribution in [0.3, 0.4) is 0 Å². The average Bonchev–Trinajstić information content (AvgIpc) is 2.92. The third-order valence-corrected chi connectivity index (χ3v) is 3.96. The van der Waals surface area contributed by atoms with Crippen molar-refractivity contribution in [3.05, 3.63) is 12.3 Å². The molecule has 0 aliphatic carbocycles. The smallest absolute Gasteiger partial charge is 0.320 e. The highest BCUT2D eigenvalue weighted by Crippen LogP contribution is 2.18. The Bertz CT molecular complexity index is 418. The lowest BCUT2D eigenvalue weighted by Gasteiger charge is -2.30. The second kappa shape index (κ2) is 7.28. The Balaban J connectivity index is 2.74. The lowest BCUT2D eigenvalue weighted by molar-refractivity contribution is 0.155. The van der Waals surface area contributed by atoms with Crippen molar-refractivity contribution in [1.29, 1.82) is 0 Å². The number of amides is 2. The summed E-state index contributed by atoms with van der Waals surface area (Å²) in [6.45, 7) is 7.94. The van der Waals surface area contributed by atoms with E-state index in [1.165, 1.54) is 0 Å². The summed E-state index contributed by atoms with van der Waals surface area (Å²) in [7, 11) is 0. The Labute approximate surface area is 120 Å². The SMILES string of the molecule is CCC(C)n1nccc1NC(=O)NC(CC)(CC)CO. The minimum Gasteiger partial charge on any atom is -0.394 e. The summed E-state index contributed by atoms with van der Waals surface area (Å²) in [6.07, 6.45) is 3.96. The minimum atomic E-state index is -0.564. The molecular weight excluding hydrogens is 256 g/mol. The first-order chi connectivity index (χ1) is 9.51. The van der Waals surface area contributed by atoms with Gasteiger partial charge in [0.2, 0.25) is 0 Å². The summed E-state index contributed by atoms with van der Waals surface area (Å²) in [5.41, 5.74) is -0.564. The monoisotopic (exact) mass is 282 g/mol. The van der Waals surface area contributed by atoms with Gasteiger partial charge in [0.1, 0.15) is 5.82 Å². The molecular formula is C14H26N4O2. The maximum absolute atomic E-state index is 12.1. The zero-order valence-corrected chi connectivity index (χ0v) is 12.8. The van der Waals surface area contributed by atoms with Crippen LogP contribution in [0.25, 0.3) is 0 Å². The number of hydrogen-bond donors (Lipinski definition) is 3. The lowest BCUT2D eigenvalue weighted by Crippen LogP contribution is -2.52. The maximum atomic E-state index is 12.1. The molecule has 1 heterocycles. The van der Waals surface area contributed by atoms with Gasteiger partial charge in [-0.1, -0.05) is 20.8 Å². The van der Waals surface area contributed by atoms with Crippen LogP contribution in [-0.2, 0) is 0 Å². The van der Waals surface area contributed by atoms with Gasteiger partial charge in [-0.15, -0.1) is 0 Å². The predicted molar refractivity (Wildman–Crippen MR) is 79.8 cm³/mol. The summed E-state index contributed by atoms with van der Waals surface area (Å²) >= 11 is 0. The van der Waals surface area contributed by atoms with E-state index in [1.807, 2.05) is 20.8 Å². The van der Waals surface area contributed by atoms with Crippen molar-refractivity contribution in [2.75, 3.05) is 11.9 Å². The summed E-state index contributed by atoms with van der Waals surface area (Å²) in [4.78, 5) is 12.1. The molecule has 0 saturated heterocycles. The fourth-order valence-electron chi connectivity index (χ4n) is 2.02. The number of anilines is 1. The molecule has 0 aromatic carbocycles. The Kier molecular flexibility index (Phi) is 6.01. The van der Waals surface area contributed by atoms with Crippen LogP contribution >= 0.6 is 0 Å². The topological polar surface area (TPSA) is 79.2 Å². The van der Waals surface area contributed by atoms with Crippen molar-refractivity contribution >= 4 is 11.8 Å². The van der Waals surface area contributed by atoms with Crippen molar-refractivity contribution in [3.8, 4) is 0 Å². The molecule has 6 nitrogen and oxygen atoms in total. The van der Waals surface area contributed by atoms with Crippen LogP contribution in [0.5, 0.6) is 0 Å². The van der Waals surface area contributed by atoms with Crippen LogP contribution in [0, 0.1) is 0 Å².